The van der Waals surface area contributed by atoms with Gasteiger partial charge in [0.15, 0.2) is 0 Å². The van der Waals surface area contributed by atoms with Crippen LogP contribution in [0.25, 0.3) is 0 Å². The van der Waals surface area contributed by atoms with E-state index in [1.54, 1.807) is 19.4 Å². The number of nitrogens with zero attached hydrogens (tertiary/aromatic N) is 1. The number of hydrogen-bond donors (Lipinski definition) is 1. The Morgan fingerprint density at radius 1 is 1.53 bits per heavy atom. The van der Waals surface area contributed by atoms with Gasteiger partial charge in [-0.2, -0.15) is 0 Å². The summed E-state index contributed by atoms with van der Waals surface area (Å²) < 4.78 is 10.5. The maximum Gasteiger partial charge on any atom is 0.138 e. The quantitative estimate of drug-likeness (QED) is 0.552. The fraction of sp³-hybridized carbons (Fsp3) is 0.462. The van der Waals surface area contributed by atoms with E-state index in [1.807, 2.05) is 19.1 Å². The highest BCUT2D eigenvalue weighted by Crippen LogP contribution is 2.11. The van der Waals surface area contributed by atoms with Gasteiger partial charge in [0.2, 0.25) is 0 Å². The maximum atomic E-state index is 5.54. The van der Waals surface area contributed by atoms with Crippen molar-refractivity contribution in [2.24, 2.45) is 0 Å². The zero-order valence-electron chi connectivity index (χ0n) is 10.5. The third kappa shape index (κ3) is 5.47. The van der Waals surface area contributed by atoms with Crippen LogP contribution in [-0.4, -0.2) is 31.3 Å². The molecule has 1 atom stereocenters. The van der Waals surface area contributed by atoms with Crippen molar-refractivity contribution in [3.8, 4) is 5.75 Å². The highest BCUT2D eigenvalue weighted by Gasteiger charge is 2.00. The summed E-state index contributed by atoms with van der Waals surface area (Å²) in [7, 11) is 1.69. The van der Waals surface area contributed by atoms with Gasteiger partial charge in [-0.3, -0.25) is 4.98 Å². The molecule has 0 spiro atoms. The lowest BCUT2D eigenvalue weighted by atomic mass is 10.3. The van der Waals surface area contributed by atoms with Crippen LogP contribution >= 0.6 is 0 Å². The van der Waals surface area contributed by atoms with Crippen molar-refractivity contribution in [2.75, 3.05) is 20.3 Å². The molecule has 0 amide bonds. The summed E-state index contributed by atoms with van der Waals surface area (Å²) >= 11 is 0. The van der Waals surface area contributed by atoms with E-state index in [4.69, 9.17) is 9.47 Å². The zero-order chi connectivity index (χ0) is 12.5. The van der Waals surface area contributed by atoms with Crippen molar-refractivity contribution < 1.29 is 9.47 Å². The van der Waals surface area contributed by atoms with E-state index < -0.39 is 0 Å². The molecule has 0 fully saturated rings. The molecule has 1 heterocycles. The van der Waals surface area contributed by atoms with Gasteiger partial charge in [0, 0.05) is 20.2 Å². The molecule has 1 unspecified atom stereocenters. The van der Waals surface area contributed by atoms with Gasteiger partial charge in [-0.1, -0.05) is 12.7 Å². The predicted molar refractivity (Wildman–Crippen MR) is 68.1 cm³/mol. The van der Waals surface area contributed by atoms with Gasteiger partial charge in [0.05, 0.1) is 18.5 Å². The molecule has 1 aromatic heterocycles. The van der Waals surface area contributed by atoms with E-state index in [0.717, 1.165) is 24.5 Å². The van der Waals surface area contributed by atoms with E-state index >= 15 is 0 Å². The summed E-state index contributed by atoms with van der Waals surface area (Å²) in [5.74, 6) is 0.762. The number of ether oxygens (including phenoxy) is 2. The first-order valence-electron chi connectivity index (χ1n) is 5.70. The molecule has 1 aromatic rings. The summed E-state index contributed by atoms with van der Waals surface area (Å²) in [5, 5.41) is 3.23. The van der Waals surface area contributed by atoms with Crippen LogP contribution in [0.1, 0.15) is 12.6 Å². The maximum absolute atomic E-state index is 5.54. The summed E-state index contributed by atoms with van der Waals surface area (Å²) in [5.41, 5.74) is 0.986. The highest BCUT2D eigenvalue weighted by molar-refractivity contribution is 5.20. The molecule has 0 aliphatic heterocycles. The lowest BCUT2D eigenvalue weighted by Crippen LogP contribution is -2.19. The van der Waals surface area contributed by atoms with Crippen LogP contribution < -0.4 is 10.1 Å². The van der Waals surface area contributed by atoms with E-state index in [-0.39, 0.29) is 6.10 Å². The Balaban J connectivity index is 2.36. The summed E-state index contributed by atoms with van der Waals surface area (Å²) in [6.07, 6.45) is 3.48. The van der Waals surface area contributed by atoms with Crippen LogP contribution in [-0.2, 0) is 11.3 Å². The number of pyridine rings is 1. The highest BCUT2D eigenvalue weighted by atomic mass is 16.5. The second-order valence-electron chi connectivity index (χ2n) is 3.71. The number of rotatable bonds is 8. The molecular formula is C13H20N2O2. The third-order valence-corrected chi connectivity index (χ3v) is 2.24. The number of aromatic nitrogens is 1. The lowest BCUT2D eigenvalue weighted by molar-refractivity contribution is 0.199. The molecule has 17 heavy (non-hydrogen) atoms. The minimum absolute atomic E-state index is 0.00229. The minimum atomic E-state index is 0.00229. The Morgan fingerprint density at radius 2 is 2.35 bits per heavy atom. The standard InChI is InChI=1S/C13H20N2O2/c1-4-11(2)17-13-6-5-12(15-10-13)9-14-7-8-16-3/h4-6,10-11,14H,1,7-9H2,2-3H3. The molecule has 94 valence electrons. The van der Waals surface area contributed by atoms with Crippen molar-refractivity contribution >= 4 is 0 Å². The van der Waals surface area contributed by atoms with Gasteiger partial charge in [-0.05, 0) is 19.1 Å². The molecule has 0 saturated carbocycles. The molecule has 0 radical (unpaired) electrons. The van der Waals surface area contributed by atoms with Gasteiger partial charge in [-0.25, -0.2) is 0 Å². The summed E-state index contributed by atoms with van der Waals surface area (Å²) in [6.45, 7) is 7.87. The molecule has 1 rings (SSSR count). The fourth-order valence-electron chi connectivity index (χ4n) is 1.24. The first-order valence-corrected chi connectivity index (χ1v) is 5.70. The zero-order valence-corrected chi connectivity index (χ0v) is 10.5. The van der Waals surface area contributed by atoms with Crippen LogP contribution in [0.3, 0.4) is 0 Å². The predicted octanol–water partition coefficient (Wildman–Crippen LogP) is 1.77. The Bertz CT molecular complexity index is 325. The van der Waals surface area contributed by atoms with Crippen LogP contribution in [0.15, 0.2) is 31.0 Å². The molecular weight excluding hydrogens is 216 g/mol. The second kappa shape index (κ2) is 7.81. The first-order chi connectivity index (χ1) is 8.26. The minimum Gasteiger partial charge on any atom is -0.485 e. The smallest absolute Gasteiger partial charge is 0.138 e. The van der Waals surface area contributed by atoms with Crippen LogP contribution in [0, 0.1) is 0 Å². The van der Waals surface area contributed by atoms with Gasteiger partial charge < -0.3 is 14.8 Å². The first kappa shape index (κ1) is 13.7. The lowest BCUT2D eigenvalue weighted by Gasteiger charge is -2.10. The topological polar surface area (TPSA) is 43.4 Å². The normalized spacial score (nSPS) is 12.1. The van der Waals surface area contributed by atoms with E-state index in [2.05, 4.69) is 16.9 Å². The van der Waals surface area contributed by atoms with E-state index in [9.17, 15) is 0 Å². The second-order valence-corrected chi connectivity index (χ2v) is 3.71. The van der Waals surface area contributed by atoms with Crippen LogP contribution in [0.5, 0.6) is 5.75 Å². The molecule has 4 heteroatoms. The van der Waals surface area contributed by atoms with Gasteiger partial charge in [0.25, 0.3) is 0 Å². The van der Waals surface area contributed by atoms with Gasteiger partial charge in [-0.15, -0.1) is 0 Å². The molecule has 4 nitrogen and oxygen atoms in total. The Kier molecular flexibility index (Phi) is 6.29. The SMILES string of the molecule is C=CC(C)Oc1ccc(CNCCOC)nc1. The Morgan fingerprint density at radius 3 is 2.94 bits per heavy atom. The third-order valence-electron chi connectivity index (χ3n) is 2.24. The fourth-order valence-corrected chi connectivity index (χ4v) is 1.24. The van der Waals surface area contributed by atoms with Gasteiger partial charge in [0.1, 0.15) is 11.9 Å². The van der Waals surface area contributed by atoms with Crippen molar-refractivity contribution in [1.29, 1.82) is 0 Å². The van der Waals surface area contributed by atoms with Crippen LogP contribution in [0.4, 0.5) is 0 Å². The molecule has 0 aliphatic carbocycles. The van der Waals surface area contributed by atoms with Crippen LogP contribution in [0.2, 0.25) is 0 Å². The van der Waals surface area contributed by atoms with Gasteiger partial charge >= 0.3 is 0 Å². The molecule has 0 bridgehead atoms. The Hall–Kier alpha value is -1.39. The van der Waals surface area contributed by atoms with Crippen molar-refractivity contribution in [2.45, 2.75) is 19.6 Å². The van der Waals surface area contributed by atoms with Crippen molar-refractivity contribution in [1.82, 2.24) is 10.3 Å². The van der Waals surface area contributed by atoms with Crippen molar-refractivity contribution in [3.05, 3.63) is 36.7 Å². The molecule has 1 N–H and O–H groups in total. The molecule has 0 aromatic carbocycles. The monoisotopic (exact) mass is 236 g/mol. The van der Waals surface area contributed by atoms with E-state index in [0.29, 0.717) is 6.61 Å². The van der Waals surface area contributed by atoms with Crippen molar-refractivity contribution in [3.63, 3.8) is 0 Å². The Labute approximate surface area is 103 Å². The summed E-state index contributed by atoms with van der Waals surface area (Å²) in [6, 6.07) is 3.87. The van der Waals surface area contributed by atoms with E-state index in [1.165, 1.54) is 0 Å². The molecule has 0 saturated heterocycles. The molecule has 0 aliphatic rings. The average molecular weight is 236 g/mol. The largest absolute Gasteiger partial charge is 0.485 e. The number of methoxy groups -OCH3 is 1. The summed E-state index contributed by atoms with van der Waals surface area (Å²) in [4.78, 5) is 4.30. The number of nitrogens with one attached hydrogen (secondary N) is 1. The average Bonchev–Trinajstić information content (AvgIpc) is 2.36. The number of hydrogen-bond acceptors (Lipinski definition) is 4.